The van der Waals surface area contributed by atoms with E-state index in [2.05, 4.69) is 12.3 Å². The third-order valence-electron chi connectivity index (χ3n) is 3.69. The number of hydrogen-bond donors (Lipinski definition) is 0. The summed E-state index contributed by atoms with van der Waals surface area (Å²) >= 11 is 0. The van der Waals surface area contributed by atoms with Crippen molar-refractivity contribution in [3.8, 4) is 0 Å². The third kappa shape index (κ3) is 3.27. The Kier molecular flexibility index (Phi) is 5.02. The maximum absolute atomic E-state index is 13.7. The van der Waals surface area contributed by atoms with Gasteiger partial charge in [-0.1, -0.05) is 81.1 Å². The van der Waals surface area contributed by atoms with Crippen LogP contribution in [0, 0.1) is 0 Å². The van der Waals surface area contributed by atoms with E-state index in [1.165, 1.54) is 0 Å². The molecule has 1 nitrogen and oxygen atoms in total. The molecule has 0 heterocycles. The fourth-order valence-electron chi connectivity index (χ4n) is 2.50. The summed E-state index contributed by atoms with van der Waals surface area (Å²) in [6.07, 6.45) is 0.634. The third-order valence-corrected chi connectivity index (χ3v) is 7.32. The quantitative estimate of drug-likeness (QED) is 0.561. The molecule has 0 aliphatic rings. The molecule has 0 aliphatic heterocycles. The molecule has 2 aromatic rings. The highest BCUT2D eigenvalue weighted by Crippen LogP contribution is 2.57. The van der Waals surface area contributed by atoms with Gasteiger partial charge in [0, 0.05) is 22.7 Å². The first-order valence-corrected chi connectivity index (χ1v) is 8.95. The molecule has 0 bridgehead atoms. The van der Waals surface area contributed by atoms with E-state index in [0.29, 0.717) is 6.42 Å². The van der Waals surface area contributed by atoms with Crippen molar-refractivity contribution in [1.29, 1.82) is 0 Å². The van der Waals surface area contributed by atoms with E-state index >= 15 is 0 Å². The van der Waals surface area contributed by atoms with Crippen LogP contribution in [-0.2, 0) is 11.0 Å². The van der Waals surface area contributed by atoms with E-state index in [1.807, 2.05) is 74.5 Å². The van der Waals surface area contributed by atoms with Crippen LogP contribution in [0.4, 0.5) is 0 Å². The first-order valence-electron chi connectivity index (χ1n) is 7.17. The Morgan fingerprint density at radius 1 is 1.05 bits per heavy atom. The van der Waals surface area contributed by atoms with Gasteiger partial charge in [0.05, 0.1) is 0 Å². The molecule has 0 fully saturated rings. The Morgan fingerprint density at radius 3 is 2.05 bits per heavy atom. The van der Waals surface area contributed by atoms with Gasteiger partial charge in [0.1, 0.15) is 7.14 Å². The second kappa shape index (κ2) is 6.76. The minimum Gasteiger partial charge on any atom is -0.313 e. The van der Waals surface area contributed by atoms with Gasteiger partial charge in [-0.15, -0.1) is 5.73 Å². The van der Waals surface area contributed by atoms with Gasteiger partial charge >= 0.3 is 0 Å². The van der Waals surface area contributed by atoms with E-state index in [9.17, 15) is 4.57 Å². The predicted molar refractivity (Wildman–Crippen MR) is 91.6 cm³/mol. The first kappa shape index (κ1) is 15.6. The zero-order valence-corrected chi connectivity index (χ0v) is 13.5. The van der Waals surface area contributed by atoms with Gasteiger partial charge in [-0.25, -0.2) is 0 Å². The SMILES string of the molecule is C=C=C(Cc1ccccc1)[P@@](=O)(c1ccccc1)C(C)C. The van der Waals surface area contributed by atoms with E-state index in [4.69, 9.17) is 0 Å². The minimum absolute atomic E-state index is 0.0351. The van der Waals surface area contributed by atoms with Crippen molar-refractivity contribution in [3.63, 3.8) is 0 Å². The molecule has 0 radical (unpaired) electrons. The molecule has 1 atom stereocenters. The Balaban J connectivity index is 2.46. The summed E-state index contributed by atoms with van der Waals surface area (Å²) in [4.78, 5) is 0. The predicted octanol–water partition coefficient (Wildman–Crippen LogP) is 4.99. The lowest BCUT2D eigenvalue weighted by Crippen LogP contribution is -2.15. The summed E-state index contributed by atoms with van der Waals surface area (Å²) in [5, 5.41) is 1.71. The standard InChI is InChI=1S/C19H21OP/c1-4-18(15-17-11-7-5-8-12-17)21(20,16(2)3)19-13-9-6-10-14-19/h5-14,16H,1,15H2,2-3H3/t21-/m1/s1. The highest BCUT2D eigenvalue weighted by molar-refractivity contribution is 7.76. The molecule has 0 N–H and O–H groups in total. The lowest BCUT2D eigenvalue weighted by atomic mass is 10.1. The van der Waals surface area contributed by atoms with Crippen molar-refractivity contribution in [2.75, 3.05) is 0 Å². The van der Waals surface area contributed by atoms with E-state index in [1.54, 1.807) is 0 Å². The smallest absolute Gasteiger partial charge is 0.149 e. The van der Waals surface area contributed by atoms with Crippen LogP contribution in [0.2, 0.25) is 0 Å². The summed E-state index contributed by atoms with van der Waals surface area (Å²) in [5.74, 6) is 0. The van der Waals surface area contributed by atoms with Gasteiger partial charge in [0.2, 0.25) is 0 Å². The largest absolute Gasteiger partial charge is 0.313 e. The van der Waals surface area contributed by atoms with Crippen molar-refractivity contribution < 1.29 is 4.57 Å². The van der Waals surface area contributed by atoms with Crippen LogP contribution >= 0.6 is 7.14 Å². The van der Waals surface area contributed by atoms with Crippen molar-refractivity contribution in [1.82, 2.24) is 0 Å². The summed E-state index contributed by atoms with van der Waals surface area (Å²) in [6, 6.07) is 19.8. The Labute approximate surface area is 127 Å². The van der Waals surface area contributed by atoms with Crippen LogP contribution in [0.3, 0.4) is 0 Å². The second-order valence-corrected chi connectivity index (χ2v) is 8.78. The maximum Gasteiger partial charge on any atom is 0.149 e. The molecule has 0 aromatic heterocycles. The number of hydrogen-bond acceptors (Lipinski definition) is 1. The zero-order valence-electron chi connectivity index (χ0n) is 12.6. The average molecular weight is 296 g/mol. The fourth-order valence-corrected chi connectivity index (χ4v) is 5.30. The summed E-state index contributed by atoms with van der Waals surface area (Å²) in [7, 11) is -2.68. The van der Waals surface area contributed by atoms with Crippen LogP contribution in [0.1, 0.15) is 19.4 Å². The van der Waals surface area contributed by atoms with Crippen LogP contribution < -0.4 is 5.30 Å². The normalized spacial score (nSPS) is 13.5. The number of allylic oxidation sites excluding steroid dienone is 1. The van der Waals surface area contributed by atoms with Crippen LogP contribution in [0.5, 0.6) is 0 Å². The zero-order chi connectivity index (χ0) is 15.3. The maximum atomic E-state index is 13.7. The number of benzene rings is 2. The molecular formula is C19H21OP. The van der Waals surface area contributed by atoms with Crippen molar-refractivity contribution >= 4 is 12.4 Å². The van der Waals surface area contributed by atoms with Crippen molar-refractivity contribution in [2.24, 2.45) is 0 Å². The summed E-state index contributed by atoms with van der Waals surface area (Å²) in [5.41, 5.74) is 4.15. The Bertz CT molecular complexity index is 680. The van der Waals surface area contributed by atoms with Crippen molar-refractivity contribution in [2.45, 2.75) is 25.9 Å². The summed E-state index contributed by atoms with van der Waals surface area (Å²) in [6.45, 7) is 7.82. The molecule has 2 aromatic carbocycles. The van der Waals surface area contributed by atoms with Crippen LogP contribution in [0.15, 0.2) is 78.3 Å². The molecule has 2 rings (SSSR count). The van der Waals surface area contributed by atoms with Gasteiger partial charge in [-0.2, -0.15) is 0 Å². The van der Waals surface area contributed by atoms with Gasteiger partial charge < -0.3 is 4.57 Å². The van der Waals surface area contributed by atoms with Gasteiger partial charge in [-0.3, -0.25) is 0 Å². The fraction of sp³-hybridized carbons (Fsp3) is 0.211. The average Bonchev–Trinajstić information content (AvgIpc) is 2.53. The second-order valence-electron chi connectivity index (χ2n) is 5.37. The molecule has 0 unspecified atom stereocenters. The highest BCUT2D eigenvalue weighted by Gasteiger charge is 2.32. The summed E-state index contributed by atoms with van der Waals surface area (Å²) < 4.78 is 13.7. The van der Waals surface area contributed by atoms with Crippen molar-refractivity contribution in [3.05, 3.63) is 83.9 Å². The minimum atomic E-state index is -2.68. The monoisotopic (exact) mass is 296 g/mol. The molecule has 0 aliphatic carbocycles. The topological polar surface area (TPSA) is 17.1 Å². The molecular weight excluding hydrogens is 275 g/mol. The molecule has 21 heavy (non-hydrogen) atoms. The van der Waals surface area contributed by atoms with Gasteiger partial charge in [-0.05, 0) is 5.56 Å². The highest BCUT2D eigenvalue weighted by atomic mass is 31.2. The van der Waals surface area contributed by atoms with E-state index < -0.39 is 7.14 Å². The molecule has 0 saturated carbocycles. The van der Waals surface area contributed by atoms with Gasteiger partial charge in [0.25, 0.3) is 0 Å². The van der Waals surface area contributed by atoms with E-state index in [-0.39, 0.29) is 5.66 Å². The lowest BCUT2D eigenvalue weighted by molar-refractivity contribution is 0.578. The molecule has 0 spiro atoms. The molecule has 2 heteroatoms. The van der Waals surface area contributed by atoms with Crippen LogP contribution in [-0.4, -0.2) is 5.66 Å². The lowest BCUT2D eigenvalue weighted by Gasteiger charge is -2.24. The molecule has 0 amide bonds. The van der Waals surface area contributed by atoms with E-state index in [0.717, 1.165) is 16.2 Å². The van der Waals surface area contributed by atoms with Crippen LogP contribution in [0.25, 0.3) is 0 Å². The molecule has 108 valence electrons. The Hall–Kier alpha value is -1.81. The Morgan fingerprint density at radius 2 is 1.57 bits per heavy atom. The van der Waals surface area contributed by atoms with Gasteiger partial charge in [0.15, 0.2) is 0 Å². The molecule has 0 saturated heterocycles. The first-order chi connectivity index (χ1) is 10.1. The number of rotatable bonds is 5.